The predicted molar refractivity (Wildman–Crippen MR) is 102 cm³/mol. The van der Waals surface area contributed by atoms with Crippen LogP contribution >= 0.6 is 23.2 Å². The zero-order chi connectivity index (χ0) is 19.0. The van der Waals surface area contributed by atoms with Crippen LogP contribution in [0.1, 0.15) is 17.5 Å². The van der Waals surface area contributed by atoms with Crippen molar-refractivity contribution in [3.05, 3.63) is 68.0 Å². The first-order valence-electron chi connectivity index (χ1n) is 8.38. The molecule has 0 saturated heterocycles. The van der Waals surface area contributed by atoms with E-state index in [9.17, 15) is 9.59 Å². The van der Waals surface area contributed by atoms with Gasteiger partial charge in [-0.15, -0.1) is 0 Å². The summed E-state index contributed by atoms with van der Waals surface area (Å²) < 4.78 is 16.0. The van der Waals surface area contributed by atoms with Gasteiger partial charge in [-0.05, 0) is 55.2 Å². The fourth-order valence-corrected chi connectivity index (χ4v) is 3.68. The predicted octanol–water partition coefficient (Wildman–Crippen LogP) is 4.57. The van der Waals surface area contributed by atoms with Gasteiger partial charge in [-0.1, -0.05) is 23.2 Å². The minimum absolute atomic E-state index is 0.277. The first-order valence-corrected chi connectivity index (χ1v) is 9.14. The van der Waals surface area contributed by atoms with Crippen LogP contribution in [0.4, 0.5) is 0 Å². The van der Waals surface area contributed by atoms with E-state index in [1.54, 1.807) is 24.3 Å². The molecule has 4 rings (SSSR count). The molecule has 3 aromatic rings. The Kier molecular flexibility index (Phi) is 4.81. The van der Waals surface area contributed by atoms with Gasteiger partial charge in [0, 0.05) is 22.0 Å². The molecule has 0 radical (unpaired) electrons. The van der Waals surface area contributed by atoms with Crippen molar-refractivity contribution in [3.63, 3.8) is 0 Å². The SMILES string of the molecule is O=C(COc1ccc(Cl)cc1Cl)Oc1ccc2c3c(c(=O)oc2c1)CCC3. The number of benzene rings is 2. The molecule has 0 fully saturated rings. The highest BCUT2D eigenvalue weighted by atomic mass is 35.5. The van der Waals surface area contributed by atoms with Gasteiger partial charge in [0.1, 0.15) is 17.1 Å². The van der Waals surface area contributed by atoms with Crippen LogP contribution in [0.25, 0.3) is 11.0 Å². The number of aryl methyl sites for hydroxylation is 1. The van der Waals surface area contributed by atoms with Gasteiger partial charge in [-0.3, -0.25) is 0 Å². The van der Waals surface area contributed by atoms with E-state index in [0.717, 1.165) is 35.8 Å². The van der Waals surface area contributed by atoms with Gasteiger partial charge in [0.15, 0.2) is 6.61 Å². The van der Waals surface area contributed by atoms with Gasteiger partial charge < -0.3 is 13.9 Å². The lowest BCUT2D eigenvalue weighted by molar-refractivity contribution is -0.136. The Bertz CT molecular complexity index is 1100. The normalized spacial score (nSPS) is 12.8. The lowest BCUT2D eigenvalue weighted by atomic mass is 10.1. The summed E-state index contributed by atoms with van der Waals surface area (Å²) in [5, 5.41) is 1.65. The van der Waals surface area contributed by atoms with Crippen LogP contribution in [-0.4, -0.2) is 12.6 Å². The van der Waals surface area contributed by atoms with E-state index in [1.165, 1.54) is 6.07 Å². The fourth-order valence-electron chi connectivity index (χ4n) is 3.22. The Morgan fingerprint density at radius 3 is 2.70 bits per heavy atom. The number of fused-ring (bicyclic) bond motifs is 3. The molecule has 0 unspecified atom stereocenters. The molecule has 138 valence electrons. The third-order valence-electron chi connectivity index (χ3n) is 4.42. The smallest absolute Gasteiger partial charge is 0.349 e. The molecule has 0 N–H and O–H groups in total. The minimum atomic E-state index is -0.608. The summed E-state index contributed by atoms with van der Waals surface area (Å²) in [6, 6.07) is 9.73. The fraction of sp³-hybridized carbons (Fsp3) is 0.200. The second kappa shape index (κ2) is 7.25. The lowest BCUT2D eigenvalue weighted by Crippen LogP contribution is -2.17. The van der Waals surface area contributed by atoms with Crippen molar-refractivity contribution in [1.29, 1.82) is 0 Å². The molecule has 27 heavy (non-hydrogen) atoms. The van der Waals surface area contributed by atoms with Crippen LogP contribution < -0.4 is 15.1 Å². The van der Waals surface area contributed by atoms with E-state index in [-0.39, 0.29) is 18.0 Å². The molecule has 1 aromatic heterocycles. The van der Waals surface area contributed by atoms with Crippen molar-refractivity contribution in [1.82, 2.24) is 0 Å². The maximum Gasteiger partial charge on any atom is 0.349 e. The van der Waals surface area contributed by atoms with Crippen molar-refractivity contribution in [2.75, 3.05) is 6.61 Å². The quantitative estimate of drug-likeness (QED) is 0.361. The molecular formula is C20H14Cl2O5. The Hall–Kier alpha value is -2.50. The zero-order valence-corrected chi connectivity index (χ0v) is 15.6. The molecule has 5 nitrogen and oxygen atoms in total. The number of ether oxygens (including phenoxy) is 2. The summed E-state index contributed by atoms with van der Waals surface area (Å²) in [7, 11) is 0. The Balaban J connectivity index is 1.49. The molecule has 1 aliphatic carbocycles. The molecule has 7 heteroatoms. The van der Waals surface area contributed by atoms with Crippen molar-refractivity contribution < 1.29 is 18.7 Å². The summed E-state index contributed by atoms with van der Waals surface area (Å²) in [6.07, 6.45) is 2.54. The monoisotopic (exact) mass is 404 g/mol. The molecule has 0 amide bonds. The summed E-state index contributed by atoms with van der Waals surface area (Å²) in [4.78, 5) is 24.1. The zero-order valence-electron chi connectivity index (χ0n) is 14.1. The molecule has 1 aliphatic rings. The second-order valence-corrected chi connectivity index (χ2v) is 7.04. The van der Waals surface area contributed by atoms with E-state index >= 15 is 0 Å². The van der Waals surface area contributed by atoms with Gasteiger partial charge in [-0.2, -0.15) is 0 Å². The Morgan fingerprint density at radius 2 is 1.89 bits per heavy atom. The number of carbonyl (C=O) groups excluding carboxylic acids is 1. The van der Waals surface area contributed by atoms with Gasteiger partial charge in [0.05, 0.1) is 5.02 Å². The van der Waals surface area contributed by atoms with E-state index in [2.05, 4.69) is 0 Å². The van der Waals surface area contributed by atoms with Crippen LogP contribution in [0.15, 0.2) is 45.6 Å². The van der Waals surface area contributed by atoms with Crippen LogP contribution in [0.5, 0.6) is 11.5 Å². The number of halogens is 2. The van der Waals surface area contributed by atoms with Gasteiger partial charge in [0.25, 0.3) is 0 Å². The van der Waals surface area contributed by atoms with Crippen molar-refractivity contribution in [3.8, 4) is 11.5 Å². The molecular weight excluding hydrogens is 391 g/mol. The largest absolute Gasteiger partial charge is 0.480 e. The Labute approximate surface area is 164 Å². The number of hydrogen-bond donors (Lipinski definition) is 0. The topological polar surface area (TPSA) is 65.7 Å². The first-order chi connectivity index (χ1) is 13.0. The highest BCUT2D eigenvalue weighted by molar-refractivity contribution is 6.35. The summed E-state index contributed by atoms with van der Waals surface area (Å²) >= 11 is 11.8. The summed E-state index contributed by atoms with van der Waals surface area (Å²) in [6.45, 7) is -0.326. The standard InChI is InChI=1S/C20H14Cl2O5/c21-11-4-7-17(16(22)8-11)25-10-19(23)26-12-5-6-14-13-2-1-3-15(13)20(24)27-18(14)9-12/h4-9H,1-3,10H2. The van der Waals surface area contributed by atoms with Crippen LogP contribution in [-0.2, 0) is 17.6 Å². The maximum atomic E-state index is 12.1. The average molecular weight is 405 g/mol. The van der Waals surface area contributed by atoms with Gasteiger partial charge >= 0.3 is 11.6 Å². The molecule has 0 bridgehead atoms. The molecule has 0 aliphatic heterocycles. The van der Waals surface area contributed by atoms with E-state index < -0.39 is 5.97 Å². The summed E-state index contributed by atoms with van der Waals surface area (Å²) in [5.41, 5.74) is 1.87. The number of rotatable bonds is 4. The van der Waals surface area contributed by atoms with Crippen molar-refractivity contribution in [2.45, 2.75) is 19.3 Å². The number of esters is 1. The molecule has 0 atom stereocenters. The Morgan fingerprint density at radius 1 is 1.07 bits per heavy atom. The average Bonchev–Trinajstić information content (AvgIpc) is 3.11. The molecule has 2 aromatic carbocycles. The van der Waals surface area contributed by atoms with Gasteiger partial charge in [0.2, 0.25) is 0 Å². The second-order valence-electron chi connectivity index (χ2n) is 6.20. The highest BCUT2D eigenvalue weighted by Crippen LogP contribution is 2.30. The van der Waals surface area contributed by atoms with Crippen molar-refractivity contribution >= 4 is 40.1 Å². The molecule has 0 spiro atoms. The summed E-state index contributed by atoms with van der Waals surface area (Å²) in [5.74, 6) is 0.00126. The third kappa shape index (κ3) is 3.66. The van der Waals surface area contributed by atoms with Crippen LogP contribution in [0.2, 0.25) is 10.0 Å². The highest BCUT2D eigenvalue weighted by Gasteiger charge is 2.20. The third-order valence-corrected chi connectivity index (χ3v) is 4.95. The van der Waals surface area contributed by atoms with E-state index in [4.69, 9.17) is 37.1 Å². The molecule has 0 saturated carbocycles. The van der Waals surface area contributed by atoms with E-state index in [0.29, 0.717) is 21.4 Å². The molecule has 1 heterocycles. The first kappa shape index (κ1) is 17.9. The number of hydrogen-bond acceptors (Lipinski definition) is 5. The minimum Gasteiger partial charge on any atom is -0.480 e. The van der Waals surface area contributed by atoms with Crippen LogP contribution in [0, 0.1) is 0 Å². The van der Waals surface area contributed by atoms with Gasteiger partial charge in [-0.25, -0.2) is 9.59 Å². The maximum absolute atomic E-state index is 12.1. The number of carbonyl (C=O) groups is 1. The van der Waals surface area contributed by atoms with Crippen LogP contribution in [0.3, 0.4) is 0 Å². The van der Waals surface area contributed by atoms with Crippen molar-refractivity contribution in [2.24, 2.45) is 0 Å². The van der Waals surface area contributed by atoms with E-state index in [1.807, 2.05) is 6.07 Å². The lowest BCUT2D eigenvalue weighted by Gasteiger charge is -2.09.